The van der Waals surface area contributed by atoms with Crippen LogP contribution in [0.25, 0.3) is 11.1 Å². The van der Waals surface area contributed by atoms with Crippen LogP contribution in [0.2, 0.25) is 0 Å². The van der Waals surface area contributed by atoms with E-state index in [0.29, 0.717) is 5.92 Å². The van der Waals surface area contributed by atoms with Gasteiger partial charge in [-0.2, -0.15) is 0 Å². The first-order valence-corrected chi connectivity index (χ1v) is 7.42. The molecule has 1 saturated heterocycles. The number of aromatic nitrogens is 2. The quantitative estimate of drug-likeness (QED) is 0.845. The van der Waals surface area contributed by atoms with Crippen molar-refractivity contribution in [2.75, 3.05) is 18.0 Å². The van der Waals surface area contributed by atoms with Gasteiger partial charge in [0.05, 0.1) is 5.69 Å². The zero-order valence-corrected chi connectivity index (χ0v) is 12.2. The highest BCUT2D eigenvalue weighted by Gasteiger charge is 2.14. The van der Waals surface area contributed by atoms with Gasteiger partial charge in [0.1, 0.15) is 5.82 Å². The van der Waals surface area contributed by atoms with Crippen LogP contribution in [0.1, 0.15) is 38.3 Å². The van der Waals surface area contributed by atoms with Crippen LogP contribution in [-0.2, 0) is 0 Å². The molecule has 20 heavy (non-hydrogen) atoms. The molecular formula is C17H21N3. The number of rotatable bonds is 3. The Labute approximate surface area is 120 Å². The molecule has 0 bridgehead atoms. The van der Waals surface area contributed by atoms with E-state index in [9.17, 15) is 0 Å². The molecule has 0 radical (unpaired) electrons. The Bertz CT molecular complexity index is 569. The van der Waals surface area contributed by atoms with Crippen molar-refractivity contribution in [3.63, 3.8) is 0 Å². The Morgan fingerprint density at radius 1 is 1.05 bits per heavy atom. The third-order valence-electron chi connectivity index (χ3n) is 3.87. The van der Waals surface area contributed by atoms with Crippen molar-refractivity contribution < 1.29 is 0 Å². The summed E-state index contributed by atoms with van der Waals surface area (Å²) in [6, 6.07) is 8.44. The van der Waals surface area contributed by atoms with Crippen LogP contribution < -0.4 is 4.90 Å². The Morgan fingerprint density at radius 2 is 1.85 bits per heavy atom. The van der Waals surface area contributed by atoms with E-state index in [4.69, 9.17) is 0 Å². The first kappa shape index (κ1) is 13.1. The first-order chi connectivity index (χ1) is 9.75. The van der Waals surface area contributed by atoms with Gasteiger partial charge in [0.2, 0.25) is 0 Å². The summed E-state index contributed by atoms with van der Waals surface area (Å²) in [5, 5.41) is 0. The zero-order valence-electron chi connectivity index (χ0n) is 12.2. The fourth-order valence-electron chi connectivity index (χ4n) is 2.80. The second-order valence-electron chi connectivity index (χ2n) is 5.69. The highest BCUT2D eigenvalue weighted by atomic mass is 15.2. The van der Waals surface area contributed by atoms with E-state index < -0.39 is 0 Å². The van der Waals surface area contributed by atoms with Gasteiger partial charge in [-0.25, -0.2) is 4.98 Å². The van der Waals surface area contributed by atoms with Gasteiger partial charge in [-0.1, -0.05) is 19.9 Å². The van der Waals surface area contributed by atoms with E-state index in [2.05, 4.69) is 46.9 Å². The molecular weight excluding hydrogens is 246 g/mol. The number of hydrogen-bond acceptors (Lipinski definition) is 3. The Kier molecular flexibility index (Phi) is 3.68. The minimum Gasteiger partial charge on any atom is -0.357 e. The fraction of sp³-hybridized carbons (Fsp3) is 0.412. The smallest absolute Gasteiger partial charge is 0.128 e. The molecule has 1 aliphatic rings. The number of nitrogens with zero attached hydrogens (tertiary/aromatic N) is 3. The van der Waals surface area contributed by atoms with E-state index >= 15 is 0 Å². The Morgan fingerprint density at radius 3 is 2.50 bits per heavy atom. The molecule has 3 heteroatoms. The molecule has 0 spiro atoms. The molecule has 0 unspecified atom stereocenters. The second-order valence-corrected chi connectivity index (χ2v) is 5.69. The maximum Gasteiger partial charge on any atom is 0.128 e. The van der Waals surface area contributed by atoms with Gasteiger partial charge < -0.3 is 4.90 Å². The van der Waals surface area contributed by atoms with E-state index in [1.807, 2.05) is 18.5 Å². The lowest BCUT2D eigenvalue weighted by Gasteiger charge is -2.17. The summed E-state index contributed by atoms with van der Waals surface area (Å²) in [5.74, 6) is 1.52. The summed E-state index contributed by atoms with van der Waals surface area (Å²) in [6.07, 6.45) is 6.41. The van der Waals surface area contributed by atoms with Crippen molar-refractivity contribution in [3.8, 4) is 11.1 Å². The maximum atomic E-state index is 4.64. The minimum atomic E-state index is 0.421. The predicted molar refractivity (Wildman–Crippen MR) is 83.0 cm³/mol. The SMILES string of the molecule is CC(C)c1ncccc1-c1ccc(N2CCCC2)nc1. The lowest BCUT2D eigenvalue weighted by Crippen LogP contribution is -2.18. The normalized spacial score (nSPS) is 15.1. The predicted octanol–water partition coefficient (Wildman–Crippen LogP) is 3.87. The highest BCUT2D eigenvalue weighted by Crippen LogP contribution is 2.28. The third kappa shape index (κ3) is 2.53. The van der Waals surface area contributed by atoms with Crippen LogP contribution in [0, 0.1) is 0 Å². The molecule has 3 nitrogen and oxygen atoms in total. The van der Waals surface area contributed by atoms with Gasteiger partial charge in [0, 0.05) is 36.6 Å². The van der Waals surface area contributed by atoms with Crippen LogP contribution >= 0.6 is 0 Å². The molecule has 3 rings (SSSR count). The molecule has 0 saturated carbocycles. The van der Waals surface area contributed by atoms with Crippen molar-refractivity contribution >= 4 is 5.82 Å². The standard InChI is InChI=1S/C17H21N3/c1-13(2)17-15(6-5-9-18-17)14-7-8-16(19-12-14)20-10-3-4-11-20/h5-9,12-13H,3-4,10-11H2,1-2H3. The van der Waals surface area contributed by atoms with Crippen LogP contribution in [0.5, 0.6) is 0 Å². The summed E-state index contributed by atoms with van der Waals surface area (Å²) < 4.78 is 0. The van der Waals surface area contributed by atoms with Crippen molar-refractivity contribution in [1.29, 1.82) is 0 Å². The third-order valence-corrected chi connectivity index (χ3v) is 3.87. The molecule has 2 aromatic heterocycles. The summed E-state index contributed by atoms with van der Waals surface area (Å²) in [6.45, 7) is 6.63. The van der Waals surface area contributed by atoms with Gasteiger partial charge in [0.15, 0.2) is 0 Å². The molecule has 1 aliphatic heterocycles. The molecule has 3 heterocycles. The van der Waals surface area contributed by atoms with E-state index in [1.54, 1.807) is 0 Å². The van der Waals surface area contributed by atoms with Crippen molar-refractivity contribution in [2.24, 2.45) is 0 Å². The second kappa shape index (κ2) is 5.61. The zero-order chi connectivity index (χ0) is 13.9. The van der Waals surface area contributed by atoms with E-state index in [-0.39, 0.29) is 0 Å². The molecule has 1 fully saturated rings. The van der Waals surface area contributed by atoms with Gasteiger partial charge >= 0.3 is 0 Å². The fourth-order valence-corrected chi connectivity index (χ4v) is 2.80. The molecule has 0 amide bonds. The van der Waals surface area contributed by atoms with Crippen LogP contribution in [0.15, 0.2) is 36.7 Å². The van der Waals surface area contributed by atoms with Gasteiger partial charge in [-0.15, -0.1) is 0 Å². The minimum absolute atomic E-state index is 0.421. The van der Waals surface area contributed by atoms with Crippen molar-refractivity contribution in [1.82, 2.24) is 9.97 Å². The molecule has 0 atom stereocenters. The Balaban J connectivity index is 1.91. The lowest BCUT2D eigenvalue weighted by molar-refractivity contribution is 0.825. The topological polar surface area (TPSA) is 29.0 Å². The summed E-state index contributed by atoms with van der Waals surface area (Å²) >= 11 is 0. The molecule has 0 N–H and O–H groups in total. The number of hydrogen-bond donors (Lipinski definition) is 0. The monoisotopic (exact) mass is 267 g/mol. The van der Waals surface area contributed by atoms with E-state index in [0.717, 1.165) is 30.2 Å². The highest BCUT2D eigenvalue weighted by molar-refractivity contribution is 5.66. The lowest BCUT2D eigenvalue weighted by atomic mass is 9.99. The van der Waals surface area contributed by atoms with Crippen molar-refractivity contribution in [2.45, 2.75) is 32.6 Å². The molecule has 104 valence electrons. The molecule has 0 aromatic carbocycles. The summed E-state index contributed by atoms with van der Waals surface area (Å²) in [4.78, 5) is 11.5. The Hall–Kier alpha value is -1.90. The van der Waals surface area contributed by atoms with Gasteiger partial charge in [0.25, 0.3) is 0 Å². The summed E-state index contributed by atoms with van der Waals surface area (Å²) in [7, 11) is 0. The molecule has 2 aromatic rings. The van der Waals surface area contributed by atoms with Crippen molar-refractivity contribution in [3.05, 3.63) is 42.4 Å². The average molecular weight is 267 g/mol. The number of anilines is 1. The van der Waals surface area contributed by atoms with Crippen LogP contribution in [0.3, 0.4) is 0 Å². The van der Waals surface area contributed by atoms with Gasteiger partial charge in [-0.3, -0.25) is 4.98 Å². The average Bonchev–Trinajstić information content (AvgIpc) is 3.02. The van der Waals surface area contributed by atoms with Crippen LogP contribution in [-0.4, -0.2) is 23.1 Å². The summed E-state index contributed by atoms with van der Waals surface area (Å²) in [5.41, 5.74) is 3.50. The maximum absolute atomic E-state index is 4.64. The first-order valence-electron chi connectivity index (χ1n) is 7.42. The van der Waals surface area contributed by atoms with E-state index in [1.165, 1.54) is 18.4 Å². The van der Waals surface area contributed by atoms with Crippen LogP contribution in [0.4, 0.5) is 5.82 Å². The number of pyridine rings is 2. The largest absolute Gasteiger partial charge is 0.357 e. The molecule has 0 aliphatic carbocycles. The van der Waals surface area contributed by atoms with Gasteiger partial charge in [-0.05, 0) is 37.0 Å².